The summed E-state index contributed by atoms with van der Waals surface area (Å²) in [4.78, 5) is 15.0. The van der Waals surface area contributed by atoms with Gasteiger partial charge in [0.05, 0.1) is 5.69 Å². The molecule has 6 heteroatoms. The van der Waals surface area contributed by atoms with Gasteiger partial charge in [-0.3, -0.25) is 0 Å². The SMILES string of the molecule is CCN(Cc1ccccc1)c1nn(-c2ccccc2C)nc1C(=O)O. The van der Waals surface area contributed by atoms with E-state index in [9.17, 15) is 9.90 Å². The second kappa shape index (κ2) is 7.17. The summed E-state index contributed by atoms with van der Waals surface area (Å²) in [6.07, 6.45) is 0. The molecular weight excluding hydrogens is 316 g/mol. The first-order valence-electron chi connectivity index (χ1n) is 8.15. The lowest BCUT2D eigenvalue weighted by Gasteiger charge is -2.20. The molecule has 3 rings (SSSR count). The molecule has 0 radical (unpaired) electrons. The maximum absolute atomic E-state index is 11.7. The predicted molar refractivity (Wildman–Crippen MR) is 96.2 cm³/mol. The van der Waals surface area contributed by atoms with Gasteiger partial charge in [-0.15, -0.1) is 15.0 Å². The van der Waals surface area contributed by atoms with Crippen molar-refractivity contribution in [2.24, 2.45) is 0 Å². The van der Waals surface area contributed by atoms with Crippen molar-refractivity contribution in [1.29, 1.82) is 0 Å². The highest BCUT2D eigenvalue weighted by Gasteiger charge is 2.23. The Morgan fingerprint density at radius 2 is 1.76 bits per heavy atom. The Balaban J connectivity index is 2.02. The number of aromatic nitrogens is 3. The van der Waals surface area contributed by atoms with E-state index in [0.29, 0.717) is 18.9 Å². The van der Waals surface area contributed by atoms with Gasteiger partial charge in [-0.1, -0.05) is 48.5 Å². The van der Waals surface area contributed by atoms with Crippen molar-refractivity contribution in [2.75, 3.05) is 11.4 Å². The summed E-state index contributed by atoms with van der Waals surface area (Å²) in [6.45, 7) is 5.12. The number of benzene rings is 2. The first-order valence-corrected chi connectivity index (χ1v) is 8.15. The van der Waals surface area contributed by atoms with Crippen molar-refractivity contribution < 1.29 is 9.90 Å². The molecule has 6 nitrogen and oxygen atoms in total. The Hall–Kier alpha value is -3.15. The standard InChI is InChI=1S/C19H20N4O2/c1-3-22(13-15-10-5-4-6-11-15)18-17(19(24)25)20-23(21-18)16-12-8-7-9-14(16)2/h4-12H,3,13H2,1-2H3,(H,24,25). The highest BCUT2D eigenvalue weighted by molar-refractivity contribution is 5.91. The van der Waals surface area contributed by atoms with Crippen LogP contribution in [0, 0.1) is 6.92 Å². The topological polar surface area (TPSA) is 71.2 Å². The van der Waals surface area contributed by atoms with Gasteiger partial charge < -0.3 is 10.0 Å². The summed E-state index contributed by atoms with van der Waals surface area (Å²) in [7, 11) is 0. The molecule has 128 valence electrons. The highest BCUT2D eigenvalue weighted by atomic mass is 16.4. The van der Waals surface area contributed by atoms with Crippen LogP contribution in [0.3, 0.4) is 0 Å². The van der Waals surface area contributed by atoms with Crippen LogP contribution in [0.4, 0.5) is 5.82 Å². The third-order valence-corrected chi connectivity index (χ3v) is 4.03. The Bertz CT molecular complexity index is 874. The number of carboxylic acids is 1. The van der Waals surface area contributed by atoms with Crippen LogP contribution in [0.2, 0.25) is 0 Å². The quantitative estimate of drug-likeness (QED) is 0.748. The van der Waals surface area contributed by atoms with E-state index in [4.69, 9.17) is 0 Å². The van der Waals surface area contributed by atoms with Gasteiger partial charge >= 0.3 is 5.97 Å². The molecule has 3 aromatic rings. The summed E-state index contributed by atoms with van der Waals surface area (Å²) in [5, 5.41) is 18.3. The molecule has 0 saturated carbocycles. The lowest BCUT2D eigenvalue weighted by atomic mass is 10.2. The van der Waals surface area contributed by atoms with Gasteiger partial charge in [0.2, 0.25) is 5.69 Å². The van der Waals surface area contributed by atoms with Crippen molar-refractivity contribution in [1.82, 2.24) is 15.0 Å². The van der Waals surface area contributed by atoms with Crippen molar-refractivity contribution >= 4 is 11.8 Å². The average Bonchev–Trinajstić information content (AvgIpc) is 3.06. The van der Waals surface area contributed by atoms with E-state index in [0.717, 1.165) is 16.8 Å². The maximum atomic E-state index is 11.7. The van der Waals surface area contributed by atoms with Crippen LogP contribution in [0.5, 0.6) is 0 Å². The molecule has 0 amide bonds. The number of carboxylic acid groups (broad SMARTS) is 1. The molecule has 0 spiro atoms. The summed E-state index contributed by atoms with van der Waals surface area (Å²) in [5.41, 5.74) is 2.80. The Kier molecular flexibility index (Phi) is 4.79. The minimum Gasteiger partial charge on any atom is -0.476 e. The molecule has 0 aliphatic carbocycles. The van der Waals surface area contributed by atoms with Crippen molar-refractivity contribution in [3.8, 4) is 5.69 Å². The minimum atomic E-state index is -1.08. The van der Waals surface area contributed by atoms with Gasteiger partial charge in [-0.25, -0.2) is 4.79 Å². The normalized spacial score (nSPS) is 10.6. The molecule has 1 aromatic heterocycles. The number of aromatic carboxylic acids is 1. The first kappa shape index (κ1) is 16.7. The van der Waals surface area contributed by atoms with Crippen molar-refractivity contribution in [3.63, 3.8) is 0 Å². The van der Waals surface area contributed by atoms with E-state index in [-0.39, 0.29) is 5.69 Å². The van der Waals surface area contributed by atoms with Gasteiger partial charge in [0.15, 0.2) is 5.82 Å². The third-order valence-electron chi connectivity index (χ3n) is 4.03. The predicted octanol–water partition coefficient (Wildman–Crippen LogP) is 3.30. The fourth-order valence-electron chi connectivity index (χ4n) is 2.69. The van der Waals surface area contributed by atoms with Crippen LogP contribution < -0.4 is 4.90 Å². The minimum absolute atomic E-state index is 0.0407. The smallest absolute Gasteiger partial charge is 0.360 e. The number of aryl methyl sites for hydroxylation is 1. The van der Waals surface area contributed by atoms with E-state index in [2.05, 4.69) is 10.2 Å². The lowest BCUT2D eigenvalue weighted by Crippen LogP contribution is -2.24. The number of carbonyl (C=O) groups is 1. The third kappa shape index (κ3) is 3.52. The average molecular weight is 336 g/mol. The van der Waals surface area contributed by atoms with Gasteiger partial charge in [-0.2, -0.15) is 0 Å². The summed E-state index contributed by atoms with van der Waals surface area (Å²) >= 11 is 0. The maximum Gasteiger partial charge on any atom is 0.360 e. The molecule has 25 heavy (non-hydrogen) atoms. The van der Waals surface area contributed by atoms with Crippen LogP contribution in [-0.4, -0.2) is 32.6 Å². The molecule has 0 fully saturated rings. The summed E-state index contributed by atoms with van der Waals surface area (Å²) < 4.78 is 0. The molecule has 0 aliphatic heterocycles. The lowest BCUT2D eigenvalue weighted by molar-refractivity contribution is 0.0690. The zero-order valence-electron chi connectivity index (χ0n) is 14.3. The fraction of sp³-hybridized carbons (Fsp3) is 0.211. The fourth-order valence-corrected chi connectivity index (χ4v) is 2.69. The van der Waals surface area contributed by atoms with Crippen LogP contribution in [0.1, 0.15) is 28.5 Å². The van der Waals surface area contributed by atoms with Gasteiger partial charge in [0.25, 0.3) is 0 Å². The largest absolute Gasteiger partial charge is 0.476 e. The van der Waals surface area contributed by atoms with E-state index < -0.39 is 5.97 Å². The van der Waals surface area contributed by atoms with Crippen molar-refractivity contribution in [2.45, 2.75) is 20.4 Å². The molecular formula is C19H20N4O2. The zero-order chi connectivity index (χ0) is 17.8. The molecule has 0 unspecified atom stereocenters. The Morgan fingerprint density at radius 1 is 1.08 bits per heavy atom. The number of anilines is 1. The van der Waals surface area contributed by atoms with E-state index in [1.807, 2.05) is 73.3 Å². The van der Waals surface area contributed by atoms with Crippen LogP contribution in [0.15, 0.2) is 54.6 Å². The summed E-state index contributed by atoms with van der Waals surface area (Å²) in [5.74, 6) is -0.705. The van der Waals surface area contributed by atoms with E-state index in [1.165, 1.54) is 4.80 Å². The molecule has 2 aromatic carbocycles. The van der Waals surface area contributed by atoms with Gasteiger partial charge in [0, 0.05) is 13.1 Å². The van der Waals surface area contributed by atoms with E-state index in [1.54, 1.807) is 0 Å². The summed E-state index contributed by atoms with van der Waals surface area (Å²) in [6, 6.07) is 17.5. The van der Waals surface area contributed by atoms with E-state index >= 15 is 0 Å². The second-order valence-corrected chi connectivity index (χ2v) is 5.75. The number of nitrogens with zero attached hydrogens (tertiary/aromatic N) is 4. The Morgan fingerprint density at radius 3 is 2.40 bits per heavy atom. The Labute approximate surface area is 146 Å². The second-order valence-electron chi connectivity index (χ2n) is 5.75. The number of hydrogen-bond donors (Lipinski definition) is 1. The first-order chi connectivity index (χ1) is 12.1. The number of hydrogen-bond acceptors (Lipinski definition) is 4. The monoisotopic (exact) mass is 336 g/mol. The number of para-hydroxylation sites is 1. The van der Waals surface area contributed by atoms with Gasteiger partial charge in [-0.05, 0) is 31.0 Å². The molecule has 0 atom stereocenters. The van der Waals surface area contributed by atoms with Gasteiger partial charge in [0.1, 0.15) is 0 Å². The molecule has 0 saturated heterocycles. The zero-order valence-corrected chi connectivity index (χ0v) is 14.3. The van der Waals surface area contributed by atoms with Crippen LogP contribution >= 0.6 is 0 Å². The molecule has 1 N–H and O–H groups in total. The number of rotatable bonds is 6. The molecule has 0 bridgehead atoms. The van der Waals surface area contributed by atoms with Crippen LogP contribution in [-0.2, 0) is 6.54 Å². The highest BCUT2D eigenvalue weighted by Crippen LogP contribution is 2.21. The molecule has 0 aliphatic rings. The van der Waals surface area contributed by atoms with Crippen molar-refractivity contribution in [3.05, 3.63) is 71.4 Å². The van der Waals surface area contributed by atoms with Crippen LogP contribution in [0.25, 0.3) is 5.69 Å². The molecule has 1 heterocycles.